The van der Waals surface area contributed by atoms with Crippen LogP contribution in [-0.2, 0) is 13.2 Å². The molecule has 27 heavy (non-hydrogen) atoms. The Bertz CT molecular complexity index is 1070. The Hall–Kier alpha value is -2.98. The van der Waals surface area contributed by atoms with Gasteiger partial charge in [0.05, 0.1) is 24.7 Å². The zero-order valence-corrected chi connectivity index (χ0v) is 15.7. The number of hydrogen-bond donors (Lipinski definition) is 0. The van der Waals surface area contributed by atoms with Crippen molar-refractivity contribution in [1.82, 2.24) is 9.55 Å². The fourth-order valence-corrected chi connectivity index (χ4v) is 3.24. The Morgan fingerprint density at radius 2 is 1.70 bits per heavy atom. The molecule has 1 heterocycles. The summed E-state index contributed by atoms with van der Waals surface area (Å²) in [6.45, 7) is 0.989. The minimum atomic E-state index is 0.353. The lowest BCUT2D eigenvalue weighted by Crippen LogP contribution is -2.08. The van der Waals surface area contributed by atoms with Crippen molar-refractivity contribution in [3.05, 3.63) is 89.2 Å². The first-order valence-corrected chi connectivity index (χ1v) is 9.07. The first kappa shape index (κ1) is 17.4. The zero-order valence-electron chi connectivity index (χ0n) is 14.9. The van der Waals surface area contributed by atoms with Gasteiger partial charge in [-0.25, -0.2) is 4.98 Å². The highest BCUT2D eigenvalue weighted by Gasteiger charge is 2.13. The van der Waals surface area contributed by atoms with Crippen LogP contribution in [0.5, 0.6) is 11.5 Å². The molecule has 0 fully saturated rings. The molecular weight excluding hydrogens is 360 g/mol. The van der Waals surface area contributed by atoms with Gasteiger partial charge in [0, 0.05) is 11.1 Å². The molecule has 0 unspecified atom stereocenters. The van der Waals surface area contributed by atoms with Crippen molar-refractivity contribution in [3.8, 4) is 11.5 Å². The van der Waals surface area contributed by atoms with Crippen molar-refractivity contribution in [3.63, 3.8) is 0 Å². The molecule has 4 aromatic rings. The molecule has 0 amide bonds. The molecule has 0 aliphatic rings. The van der Waals surface area contributed by atoms with Gasteiger partial charge in [0.2, 0.25) is 0 Å². The number of rotatable bonds is 6. The summed E-state index contributed by atoms with van der Waals surface area (Å²) in [7, 11) is 1.64. The van der Waals surface area contributed by atoms with Gasteiger partial charge in [0.1, 0.15) is 23.9 Å². The molecule has 0 atom stereocenters. The lowest BCUT2D eigenvalue weighted by molar-refractivity contribution is 0.289. The third-order valence-electron chi connectivity index (χ3n) is 4.43. The fourth-order valence-electron chi connectivity index (χ4n) is 3.05. The SMILES string of the molecule is COc1cccc(OCc2nc3ccccc3n2Cc2ccccc2Cl)c1. The molecule has 0 saturated carbocycles. The van der Waals surface area contributed by atoms with Crippen molar-refractivity contribution in [1.29, 1.82) is 0 Å². The van der Waals surface area contributed by atoms with Gasteiger partial charge in [-0.3, -0.25) is 0 Å². The van der Waals surface area contributed by atoms with Crippen LogP contribution in [0.2, 0.25) is 5.02 Å². The molecule has 0 spiro atoms. The zero-order chi connectivity index (χ0) is 18.6. The number of hydrogen-bond acceptors (Lipinski definition) is 3. The summed E-state index contributed by atoms with van der Waals surface area (Å²) in [6, 6.07) is 23.5. The summed E-state index contributed by atoms with van der Waals surface area (Å²) in [5, 5.41) is 0.745. The van der Waals surface area contributed by atoms with Crippen LogP contribution in [0.3, 0.4) is 0 Å². The lowest BCUT2D eigenvalue weighted by Gasteiger charge is -2.12. The third-order valence-corrected chi connectivity index (χ3v) is 4.80. The number of imidazole rings is 1. The second-order valence-electron chi connectivity index (χ2n) is 6.16. The average Bonchev–Trinajstić information content (AvgIpc) is 3.06. The molecule has 1 aromatic heterocycles. The van der Waals surface area contributed by atoms with Crippen molar-refractivity contribution in [2.75, 3.05) is 7.11 Å². The minimum absolute atomic E-state index is 0.353. The normalized spacial score (nSPS) is 10.9. The Morgan fingerprint density at radius 3 is 2.56 bits per heavy atom. The number of halogens is 1. The Kier molecular flexibility index (Phi) is 4.99. The van der Waals surface area contributed by atoms with E-state index in [1.54, 1.807) is 7.11 Å². The summed E-state index contributed by atoms with van der Waals surface area (Å²) >= 11 is 6.37. The summed E-state index contributed by atoms with van der Waals surface area (Å²) in [4.78, 5) is 4.76. The lowest BCUT2D eigenvalue weighted by atomic mass is 10.2. The smallest absolute Gasteiger partial charge is 0.148 e. The van der Waals surface area contributed by atoms with E-state index in [-0.39, 0.29) is 0 Å². The number of fused-ring (bicyclic) bond motifs is 1. The van der Waals surface area contributed by atoms with Crippen LogP contribution in [0.25, 0.3) is 11.0 Å². The van der Waals surface area contributed by atoms with Gasteiger partial charge in [-0.15, -0.1) is 0 Å². The topological polar surface area (TPSA) is 36.3 Å². The van der Waals surface area contributed by atoms with Crippen LogP contribution in [0.4, 0.5) is 0 Å². The first-order valence-electron chi connectivity index (χ1n) is 8.69. The van der Waals surface area contributed by atoms with E-state index in [9.17, 15) is 0 Å². The largest absolute Gasteiger partial charge is 0.497 e. The highest BCUT2D eigenvalue weighted by Crippen LogP contribution is 2.24. The van der Waals surface area contributed by atoms with Crippen molar-refractivity contribution in [2.24, 2.45) is 0 Å². The Labute approximate surface area is 162 Å². The highest BCUT2D eigenvalue weighted by atomic mass is 35.5. The molecule has 0 radical (unpaired) electrons. The molecular formula is C22H19ClN2O2. The predicted molar refractivity (Wildman–Crippen MR) is 108 cm³/mol. The monoisotopic (exact) mass is 378 g/mol. The van der Waals surface area contributed by atoms with Gasteiger partial charge in [0.25, 0.3) is 0 Å². The minimum Gasteiger partial charge on any atom is -0.497 e. The molecule has 0 saturated heterocycles. The standard InChI is InChI=1S/C22H19ClN2O2/c1-26-17-8-6-9-18(13-17)27-15-22-24-20-11-4-5-12-21(20)25(22)14-16-7-2-3-10-19(16)23/h2-13H,14-15H2,1H3. The van der Waals surface area contributed by atoms with Gasteiger partial charge in [-0.2, -0.15) is 0 Å². The van der Waals surface area contributed by atoms with Crippen LogP contribution in [-0.4, -0.2) is 16.7 Å². The van der Waals surface area contributed by atoms with Gasteiger partial charge < -0.3 is 14.0 Å². The van der Waals surface area contributed by atoms with E-state index in [4.69, 9.17) is 26.1 Å². The van der Waals surface area contributed by atoms with Gasteiger partial charge >= 0.3 is 0 Å². The van der Waals surface area contributed by atoms with Crippen LogP contribution < -0.4 is 9.47 Å². The number of methoxy groups -OCH3 is 1. The van der Waals surface area contributed by atoms with E-state index in [1.807, 2.05) is 66.7 Å². The van der Waals surface area contributed by atoms with E-state index in [0.717, 1.165) is 38.9 Å². The molecule has 136 valence electrons. The molecule has 4 rings (SSSR count). The summed E-state index contributed by atoms with van der Waals surface area (Å²) in [6.07, 6.45) is 0. The molecule has 3 aromatic carbocycles. The van der Waals surface area contributed by atoms with Gasteiger partial charge in [-0.1, -0.05) is 48.0 Å². The second kappa shape index (κ2) is 7.72. The van der Waals surface area contributed by atoms with Gasteiger partial charge in [0.15, 0.2) is 0 Å². The highest BCUT2D eigenvalue weighted by molar-refractivity contribution is 6.31. The van der Waals surface area contributed by atoms with Crippen LogP contribution in [0.1, 0.15) is 11.4 Å². The maximum absolute atomic E-state index is 6.37. The quantitative estimate of drug-likeness (QED) is 0.455. The fraction of sp³-hybridized carbons (Fsp3) is 0.136. The molecule has 5 heteroatoms. The van der Waals surface area contributed by atoms with E-state index in [1.165, 1.54) is 0 Å². The molecule has 0 aliphatic heterocycles. The number of nitrogens with zero attached hydrogens (tertiary/aromatic N) is 2. The number of para-hydroxylation sites is 2. The molecule has 4 nitrogen and oxygen atoms in total. The van der Waals surface area contributed by atoms with Crippen LogP contribution >= 0.6 is 11.6 Å². The Morgan fingerprint density at radius 1 is 0.926 bits per heavy atom. The number of aromatic nitrogens is 2. The first-order chi connectivity index (χ1) is 13.2. The number of benzene rings is 3. The predicted octanol–water partition coefficient (Wildman–Crippen LogP) is 5.33. The molecule has 0 N–H and O–H groups in total. The summed E-state index contributed by atoms with van der Waals surface area (Å²) in [5.74, 6) is 2.35. The average molecular weight is 379 g/mol. The van der Waals surface area contributed by atoms with E-state index in [0.29, 0.717) is 13.2 Å². The van der Waals surface area contributed by atoms with E-state index >= 15 is 0 Å². The summed E-state index contributed by atoms with van der Waals surface area (Å²) < 4.78 is 13.4. The van der Waals surface area contributed by atoms with Crippen molar-refractivity contribution < 1.29 is 9.47 Å². The van der Waals surface area contributed by atoms with Crippen molar-refractivity contribution >= 4 is 22.6 Å². The van der Waals surface area contributed by atoms with E-state index in [2.05, 4.69) is 10.6 Å². The second-order valence-corrected chi connectivity index (χ2v) is 6.57. The number of ether oxygens (including phenoxy) is 2. The third kappa shape index (κ3) is 3.76. The van der Waals surface area contributed by atoms with Crippen LogP contribution in [0, 0.1) is 0 Å². The van der Waals surface area contributed by atoms with Gasteiger partial charge in [-0.05, 0) is 35.9 Å². The summed E-state index contributed by atoms with van der Waals surface area (Å²) in [5.41, 5.74) is 3.04. The maximum Gasteiger partial charge on any atom is 0.148 e. The Balaban J connectivity index is 1.66. The van der Waals surface area contributed by atoms with Crippen LogP contribution in [0.15, 0.2) is 72.8 Å². The maximum atomic E-state index is 6.37. The van der Waals surface area contributed by atoms with E-state index < -0.39 is 0 Å². The van der Waals surface area contributed by atoms with Crippen molar-refractivity contribution in [2.45, 2.75) is 13.2 Å². The molecule has 0 aliphatic carbocycles. The molecule has 0 bridgehead atoms.